The highest BCUT2D eigenvalue weighted by Gasteiger charge is 2.29. The molecule has 0 atom stereocenters. The van der Waals surface area contributed by atoms with E-state index in [1.54, 1.807) is 35.9 Å². The number of carbonyl (C=O) groups is 1. The summed E-state index contributed by atoms with van der Waals surface area (Å²) in [6.07, 6.45) is 3.03. The molecule has 1 aliphatic heterocycles. The smallest absolute Gasteiger partial charge is 0.314 e. The van der Waals surface area contributed by atoms with E-state index in [1.165, 1.54) is 10.4 Å². The predicted octanol–water partition coefficient (Wildman–Crippen LogP) is 5.44. The third kappa shape index (κ3) is 3.69. The van der Waals surface area contributed by atoms with Crippen LogP contribution in [0, 0.1) is 19.8 Å². The lowest BCUT2D eigenvalue weighted by Crippen LogP contribution is -2.38. The van der Waals surface area contributed by atoms with Gasteiger partial charge in [0, 0.05) is 23.0 Å². The summed E-state index contributed by atoms with van der Waals surface area (Å²) in [6.45, 7) is 5.71. The molecule has 0 unspecified atom stereocenters. The highest BCUT2D eigenvalue weighted by Crippen LogP contribution is 2.36. The molecule has 3 heterocycles. The largest absolute Gasteiger partial charge is 0.425 e. The molecule has 1 aromatic carbocycles. The molecule has 0 radical (unpaired) electrons. The summed E-state index contributed by atoms with van der Waals surface area (Å²) < 4.78 is 5.50. The maximum atomic E-state index is 12.6. The molecule has 0 aliphatic carbocycles. The number of fused-ring (bicyclic) bond motifs is 1. The van der Waals surface area contributed by atoms with Crippen LogP contribution in [0.25, 0.3) is 10.2 Å². The van der Waals surface area contributed by atoms with Crippen LogP contribution >= 0.6 is 34.5 Å². The van der Waals surface area contributed by atoms with Gasteiger partial charge in [0.1, 0.15) is 22.7 Å². The number of ether oxygens (including phenoxy) is 1. The van der Waals surface area contributed by atoms with Gasteiger partial charge in [-0.25, -0.2) is 9.97 Å². The Morgan fingerprint density at radius 2 is 1.96 bits per heavy atom. The number of anilines is 1. The van der Waals surface area contributed by atoms with Crippen molar-refractivity contribution in [2.24, 2.45) is 5.92 Å². The van der Waals surface area contributed by atoms with Crippen LogP contribution in [0.3, 0.4) is 0 Å². The number of esters is 1. The number of hydrogen-bond donors (Lipinski definition) is 0. The van der Waals surface area contributed by atoms with Gasteiger partial charge in [-0.2, -0.15) is 0 Å². The number of hydrogen-bond acceptors (Lipinski definition) is 6. The number of benzene rings is 1. The number of aromatic nitrogens is 2. The first-order valence-electron chi connectivity index (χ1n) is 9.06. The van der Waals surface area contributed by atoms with Crippen LogP contribution in [-0.2, 0) is 4.79 Å². The predicted molar refractivity (Wildman–Crippen MR) is 114 cm³/mol. The molecule has 0 amide bonds. The van der Waals surface area contributed by atoms with E-state index >= 15 is 0 Å². The van der Waals surface area contributed by atoms with E-state index in [2.05, 4.69) is 28.7 Å². The van der Waals surface area contributed by atoms with Crippen LogP contribution in [0.4, 0.5) is 5.82 Å². The van der Waals surface area contributed by atoms with Crippen molar-refractivity contribution in [3.05, 3.63) is 45.0 Å². The van der Waals surface area contributed by atoms with Crippen molar-refractivity contribution in [3.63, 3.8) is 0 Å². The van der Waals surface area contributed by atoms with Gasteiger partial charge in [-0.15, -0.1) is 11.3 Å². The molecule has 5 nitrogen and oxygen atoms in total. The summed E-state index contributed by atoms with van der Waals surface area (Å²) in [5.74, 6) is 0.893. The van der Waals surface area contributed by atoms with Crippen LogP contribution < -0.4 is 9.64 Å². The van der Waals surface area contributed by atoms with Gasteiger partial charge >= 0.3 is 5.97 Å². The Morgan fingerprint density at radius 1 is 1.21 bits per heavy atom. The van der Waals surface area contributed by atoms with E-state index in [0.29, 0.717) is 28.6 Å². The molecule has 4 rings (SSSR count). The molecule has 146 valence electrons. The molecule has 0 saturated carbocycles. The molecule has 1 aliphatic rings. The van der Waals surface area contributed by atoms with Crippen molar-refractivity contribution >= 4 is 56.5 Å². The van der Waals surface area contributed by atoms with Crippen molar-refractivity contribution in [1.82, 2.24) is 9.97 Å². The van der Waals surface area contributed by atoms with Crippen molar-refractivity contribution in [3.8, 4) is 5.75 Å². The van der Waals surface area contributed by atoms with Gasteiger partial charge in [0.05, 0.1) is 16.3 Å². The van der Waals surface area contributed by atoms with Gasteiger partial charge in [0.2, 0.25) is 0 Å². The van der Waals surface area contributed by atoms with Gasteiger partial charge in [-0.3, -0.25) is 4.79 Å². The van der Waals surface area contributed by atoms with Crippen LogP contribution in [0.15, 0.2) is 24.5 Å². The maximum absolute atomic E-state index is 12.6. The highest BCUT2D eigenvalue weighted by molar-refractivity contribution is 7.18. The fraction of sp³-hybridized carbons (Fsp3) is 0.350. The second-order valence-electron chi connectivity index (χ2n) is 6.92. The number of piperidine rings is 1. The van der Waals surface area contributed by atoms with E-state index in [-0.39, 0.29) is 11.9 Å². The maximum Gasteiger partial charge on any atom is 0.314 e. The van der Waals surface area contributed by atoms with E-state index in [4.69, 9.17) is 27.9 Å². The zero-order valence-electron chi connectivity index (χ0n) is 15.5. The minimum absolute atomic E-state index is 0.161. The second-order valence-corrected chi connectivity index (χ2v) is 8.96. The molecular weight excluding hydrogens is 417 g/mol. The van der Waals surface area contributed by atoms with Crippen molar-refractivity contribution < 1.29 is 9.53 Å². The Kier molecular flexibility index (Phi) is 5.45. The van der Waals surface area contributed by atoms with Gasteiger partial charge in [0.15, 0.2) is 0 Å². The summed E-state index contributed by atoms with van der Waals surface area (Å²) in [7, 11) is 0. The quantitative estimate of drug-likeness (QED) is 0.405. The minimum atomic E-state index is -0.251. The Hall–Kier alpha value is -1.89. The average Bonchev–Trinajstić information content (AvgIpc) is 2.98. The number of carbonyl (C=O) groups excluding carboxylic acids is 1. The summed E-state index contributed by atoms with van der Waals surface area (Å²) in [5, 5.41) is 1.97. The lowest BCUT2D eigenvalue weighted by Gasteiger charge is -2.32. The number of rotatable bonds is 3. The zero-order chi connectivity index (χ0) is 19.8. The monoisotopic (exact) mass is 435 g/mol. The highest BCUT2D eigenvalue weighted by atomic mass is 35.5. The minimum Gasteiger partial charge on any atom is -0.425 e. The van der Waals surface area contributed by atoms with Gasteiger partial charge in [-0.05, 0) is 50.5 Å². The lowest BCUT2D eigenvalue weighted by molar-refractivity contribution is -0.139. The van der Waals surface area contributed by atoms with Crippen LogP contribution in [-0.4, -0.2) is 29.0 Å². The number of thiophene rings is 1. The summed E-state index contributed by atoms with van der Waals surface area (Å²) in [4.78, 5) is 26.0. The molecular formula is C20H19Cl2N3O2S. The molecule has 1 saturated heterocycles. The standard InChI is InChI=1S/C20H19Cl2N3O2S/c1-11-12(2)28-19-17(11)18(23-10-24-19)25-7-5-13(6-8-25)20(26)27-16-4-3-14(21)9-15(16)22/h3-4,9-10,13H,5-8H2,1-2H3. The Bertz CT molecular complexity index is 1050. The molecule has 2 aromatic heterocycles. The molecule has 0 N–H and O–H groups in total. The Labute approximate surface area is 177 Å². The first-order chi connectivity index (χ1) is 13.4. The van der Waals surface area contributed by atoms with Gasteiger partial charge in [0.25, 0.3) is 0 Å². The summed E-state index contributed by atoms with van der Waals surface area (Å²) in [6, 6.07) is 4.85. The first-order valence-corrected chi connectivity index (χ1v) is 10.6. The molecule has 1 fully saturated rings. The first kappa shape index (κ1) is 19.4. The zero-order valence-corrected chi connectivity index (χ0v) is 17.9. The Morgan fingerprint density at radius 3 is 2.68 bits per heavy atom. The van der Waals surface area contributed by atoms with Crippen LogP contribution in [0.1, 0.15) is 23.3 Å². The molecule has 3 aromatic rings. The third-order valence-electron chi connectivity index (χ3n) is 5.18. The van der Waals surface area contributed by atoms with Gasteiger partial charge in [-0.1, -0.05) is 23.2 Å². The SMILES string of the molecule is Cc1sc2ncnc(N3CCC(C(=O)Oc4ccc(Cl)cc4Cl)CC3)c2c1C. The van der Waals surface area contributed by atoms with Gasteiger partial charge < -0.3 is 9.64 Å². The molecule has 8 heteroatoms. The van der Waals surface area contributed by atoms with E-state index in [1.807, 2.05) is 0 Å². The molecule has 28 heavy (non-hydrogen) atoms. The second kappa shape index (κ2) is 7.85. The molecule has 0 bridgehead atoms. The summed E-state index contributed by atoms with van der Waals surface area (Å²) in [5.41, 5.74) is 1.23. The normalized spacial score (nSPS) is 15.2. The lowest BCUT2D eigenvalue weighted by atomic mass is 9.96. The average molecular weight is 436 g/mol. The number of aryl methyl sites for hydroxylation is 2. The van der Waals surface area contributed by atoms with Crippen LogP contribution in [0.5, 0.6) is 5.75 Å². The van der Waals surface area contributed by atoms with Crippen LogP contribution in [0.2, 0.25) is 10.0 Å². The van der Waals surface area contributed by atoms with E-state index in [9.17, 15) is 4.79 Å². The van der Waals surface area contributed by atoms with Crippen molar-refractivity contribution in [2.75, 3.05) is 18.0 Å². The third-order valence-corrected chi connectivity index (χ3v) is 6.82. The number of halogens is 2. The van der Waals surface area contributed by atoms with E-state index in [0.717, 1.165) is 29.1 Å². The summed E-state index contributed by atoms with van der Waals surface area (Å²) >= 11 is 13.7. The molecule has 0 spiro atoms. The fourth-order valence-electron chi connectivity index (χ4n) is 3.48. The van der Waals surface area contributed by atoms with Crippen molar-refractivity contribution in [2.45, 2.75) is 26.7 Å². The Balaban J connectivity index is 1.46. The van der Waals surface area contributed by atoms with E-state index < -0.39 is 0 Å². The number of nitrogens with zero attached hydrogens (tertiary/aromatic N) is 3. The fourth-order valence-corrected chi connectivity index (χ4v) is 4.92. The van der Waals surface area contributed by atoms with Crippen molar-refractivity contribution in [1.29, 1.82) is 0 Å². The topological polar surface area (TPSA) is 55.3 Å².